The second-order valence-corrected chi connectivity index (χ2v) is 5.65. The lowest BCUT2D eigenvalue weighted by molar-refractivity contribution is 0.0538. The molecule has 2 aliphatic rings. The van der Waals surface area contributed by atoms with E-state index < -0.39 is 0 Å². The molecule has 0 bridgehead atoms. The molecular formula is C15H23N3O. The molecule has 2 aliphatic heterocycles. The van der Waals surface area contributed by atoms with E-state index in [1.165, 1.54) is 25.2 Å². The predicted molar refractivity (Wildman–Crippen MR) is 76.6 cm³/mol. The standard InChI is InChI=1S/C15H23N3O/c1-17-6-7-18-11-15(16-9-13(18)10-17)12-4-3-5-14(8-12)19-2/h3-5,8,13,15-16H,6-7,9-11H2,1-2H3. The Hall–Kier alpha value is -1.10. The molecule has 0 spiro atoms. The van der Waals surface area contributed by atoms with Crippen LogP contribution < -0.4 is 10.1 Å². The molecule has 2 unspecified atom stereocenters. The van der Waals surface area contributed by atoms with Crippen LogP contribution in [-0.2, 0) is 0 Å². The molecule has 0 radical (unpaired) electrons. The van der Waals surface area contributed by atoms with Crippen LogP contribution in [0.15, 0.2) is 24.3 Å². The van der Waals surface area contributed by atoms with E-state index in [0.29, 0.717) is 12.1 Å². The zero-order valence-corrected chi connectivity index (χ0v) is 11.8. The van der Waals surface area contributed by atoms with E-state index >= 15 is 0 Å². The molecule has 4 nitrogen and oxygen atoms in total. The zero-order valence-electron chi connectivity index (χ0n) is 11.8. The number of likely N-dealkylation sites (N-methyl/N-ethyl adjacent to an activating group) is 1. The molecule has 0 aromatic heterocycles. The average Bonchev–Trinajstić information content (AvgIpc) is 2.46. The van der Waals surface area contributed by atoms with E-state index in [-0.39, 0.29) is 0 Å². The van der Waals surface area contributed by atoms with E-state index in [1.54, 1.807) is 7.11 Å². The Morgan fingerprint density at radius 3 is 3.00 bits per heavy atom. The Labute approximate surface area is 115 Å². The summed E-state index contributed by atoms with van der Waals surface area (Å²) in [5, 5.41) is 3.68. The lowest BCUT2D eigenvalue weighted by Crippen LogP contribution is -2.61. The van der Waals surface area contributed by atoms with Gasteiger partial charge in [0.15, 0.2) is 0 Å². The van der Waals surface area contributed by atoms with Crippen molar-refractivity contribution in [2.75, 3.05) is 46.9 Å². The second kappa shape index (κ2) is 5.49. The number of piperazine rings is 2. The molecule has 2 heterocycles. The van der Waals surface area contributed by atoms with Crippen molar-refractivity contribution in [3.63, 3.8) is 0 Å². The number of ether oxygens (including phenoxy) is 1. The summed E-state index contributed by atoms with van der Waals surface area (Å²) in [5.41, 5.74) is 1.33. The monoisotopic (exact) mass is 261 g/mol. The summed E-state index contributed by atoms with van der Waals surface area (Å²) >= 11 is 0. The van der Waals surface area contributed by atoms with Gasteiger partial charge in [0.05, 0.1) is 7.11 Å². The van der Waals surface area contributed by atoms with Crippen LogP contribution in [0.2, 0.25) is 0 Å². The summed E-state index contributed by atoms with van der Waals surface area (Å²) in [7, 11) is 3.94. The number of fused-ring (bicyclic) bond motifs is 1. The van der Waals surface area contributed by atoms with Crippen molar-refractivity contribution in [2.45, 2.75) is 12.1 Å². The van der Waals surface area contributed by atoms with Gasteiger partial charge in [-0.25, -0.2) is 0 Å². The third-order valence-corrected chi connectivity index (χ3v) is 4.32. The third-order valence-electron chi connectivity index (χ3n) is 4.32. The minimum Gasteiger partial charge on any atom is -0.497 e. The fraction of sp³-hybridized carbons (Fsp3) is 0.600. The van der Waals surface area contributed by atoms with Gasteiger partial charge in [0.1, 0.15) is 5.75 Å². The smallest absolute Gasteiger partial charge is 0.119 e. The second-order valence-electron chi connectivity index (χ2n) is 5.65. The lowest BCUT2D eigenvalue weighted by atomic mass is 10.00. The van der Waals surface area contributed by atoms with E-state index in [2.05, 4.69) is 40.4 Å². The van der Waals surface area contributed by atoms with Crippen LogP contribution in [0.4, 0.5) is 0 Å². The van der Waals surface area contributed by atoms with Crippen molar-refractivity contribution in [3.8, 4) is 5.75 Å². The highest BCUT2D eigenvalue weighted by atomic mass is 16.5. The van der Waals surface area contributed by atoms with Crippen molar-refractivity contribution in [2.24, 2.45) is 0 Å². The molecule has 1 aromatic carbocycles. The molecule has 0 saturated carbocycles. The van der Waals surface area contributed by atoms with Crippen LogP contribution in [-0.4, -0.2) is 62.7 Å². The molecule has 2 fully saturated rings. The summed E-state index contributed by atoms with van der Waals surface area (Å²) in [6, 6.07) is 9.51. The largest absolute Gasteiger partial charge is 0.497 e. The molecule has 2 atom stereocenters. The van der Waals surface area contributed by atoms with Gasteiger partial charge in [-0.05, 0) is 24.7 Å². The van der Waals surface area contributed by atoms with Crippen molar-refractivity contribution < 1.29 is 4.74 Å². The van der Waals surface area contributed by atoms with Gasteiger partial charge in [0.25, 0.3) is 0 Å². The first kappa shape index (κ1) is 12.9. The SMILES string of the molecule is COc1cccc(C2CN3CCN(C)CC3CN2)c1. The first-order valence-electron chi connectivity index (χ1n) is 7.06. The highest BCUT2D eigenvalue weighted by Gasteiger charge is 2.31. The van der Waals surface area contributed by atoms with Gasteiger partial charge in [0, 0.05) is 44.8 Å². The molecule has 1 N–H and O–H groups in total. The molecule has 1 aromatic rings. The number of rotatable bonds is 2. The number of hydrogen-bond acceptors (Lipinski definition) is 4. The van der Waals surface area contributed by atoms with Gasteiger partial charge in [0.2, 0.25) is 0 Å². The fourth-order valence-electron chi connectivity index (χ4n) is 3.14. The van der Waals surface area contributed by atoms with Crippen LogP contribution in [0, 0.1) is 0 Å². The summed E-state index contributed by atoms with van der Waals surface area (Å²) in [6.45, 7) is 5.72. The van der Waals surface area contributed by atoms with Crippen LogP contribution in [0.25, 0.3) is 0 Å². The van der Waals surface area contributed by atoms with Gasteiger partial charge in [-0.2, -0.15) is 0 Å². The molecule has 4 heteroatoms. The number of nitrogens with zero attached hydrogens (tertiary/aromatic N) is 2. The van der Waals surface area contributed by atoms with E-state index in [9.17, 15) is 0 Å². The minimum absolute atomic E-state index is 0.426. The fourth-order valence-corrected chi connectivity index (χ4v) is 3.14. The van der Waals surface area contributed by atoms with Crippen molar-refractivity contribution in [3.05, 3.63) is 29.8 Å². The molecule has 0 amide bonds. The molecule has 19 heavy (non-hydrogen) atoms. The number of benzene rings is 1. The van der Waals surface area contributed by atoms with E-state index in [0.717, 1.165) is 18.8 Å². The molecule has 104 valence electrons. The summed E-state index contributed by atoms with van der Waals surface area (Å²) in [4.78, 5) is 5.05. The van der Waals surface area contributed by atoms with Crippen molar-refractivity contribution >= 4 is 0 Å². The summed E-state index contributed by atoms with van der Waals surface area (Å²) in [6.07, 6.45) is 0. The van der Waals surface area contributed by atoms with E-state index in [1.807, 2.05) is 6.07 Å². The lowest BCUT2D eigenvalue weighted by Gasteiger charge is -2.46. The number of hydrogen-bond donors (Lipinski definition) is 1. The first-order chi connectivity index (χ1) is 9.26. The topological polar surface area (TPSA) is 27.7 Å². The van der Waals surface area contributed by atoms with Gasteiger partial charge in [-0.1, -0.05) is 12.1 Å². The van der Waals surface area contributed by atoms with Crippen molar-refractivity contribution in [1.29, 1.82) is 0 Å². The Morgan fingerprint density at radius 2 is 2.16 bits per heavy atom. The quantitative estimate of drug-likeness (QED) is 0.858. The molecule has 3 rings (SSSR count). The molecule has 0 aliphatic carbocycles. The van der Waals surface area contributed by atoms with E-state index in [4.69, 9.17) is 4.74 Å². The average molecular weight is 261 g/mol. The van der Waals surface area contributed by atoms with Crippen LogP contribution in [0.3, 0.4) is 0 Å². The first-order valence-corrected chi connectivity index (χ1v) is 7.06. The van der Waals surface area contributed by atoms with Crippen LogP contribution in [0.1, 0.15) is 11.6 Å². The number of methoxy groups -OCH3 is 1. The van der Waals surface area contributed by atoms with Gasteiger partial charge >= 0.3 is 0 Å². The van der Waals surface area contributed by atoms with Gasteiger partial charge < -0.3 is 15.0 Å². The Morgan fingerprint density at radius 1 is 1.26 bits per heavy atom. The maximum Gasteiger partial charge on any atom is 0.119 e. The number of nitrogens with one attached hydrogen (secondary N) is 1. The Balaban J connectivity index is 1.70. The molecule has 2 saturated heterocycles. The normalized spacial score (nSPS) is 28.9. The van der Waals surface area contributed by atoms with Gasteiger partial charge in [-0.3, -0.25) is 4.90 Å². The summed E-state index contributed by atoms with van der Waals surface area (Å²) in [5.74, 6) is 0.944. The highest BCUT2D eigenvalue weighted by Crippen LogP contribution is 2.24. The van der Waals surface area contributed by atoms with Crippen LogP contribution >= 0.6 is 0 Å². The predicted octanol–water partition coefficient (Wildman–Crippen LogP) is 0.955. The zero-order chi connectivity index (χ0) is 13.2. The Bertz CT molecular complexity index is 437. The third kappa shape index (κ3) is 2.76. The molecular weight excluding hydrogens is 238 g/mol. The highest BCUT2D eigenvalue weighted by molar-refractivity contribution is 5.31. The maximum absolute atomic E-state index is 5.32. The minimum atomic E-state index is 0.426. The summed E-state index contributed by atoms with van der Waals surface area (Å²) < 4.78 is 5.32. The van der Waals surface area contributed by atoms with Gasteiger partial charge in [-0.15, -0.1) is 0 Å². The van der Waals surface area contributed by atoms with Crippen molar-refractivity contribution in [1.82, 2.24) is 15.1 Å². The Kier molecular flexibility index (Phi) is 3.73. The van der Waals surface area contributed by atoms with Crippen LogP contribution in [0.5, 0.6) is 5.75 Å². The maximum atomic E-state index is 5.32.